The van der Waals surface area contributed by atoms with Crippen molar-refractivity contribution in [1.29, 1.82) is 0 Å². The van der Waals surface area contributed by atoms with Gasteiger partial charge in [0.1, 0.15) is 5.75 Å². The zero-order valence-corrected chi connectivity index (χ0v) is 11.2. The van der Waals surface area contributed by atoms with E-state index < -0.39 is 0 Å². The normalized spacial score (nSPS) is 9.60. The number of amidine groups is 1. The van der Waals surface area contributed by atoms with Gasteiger partial charge in [0.2, 0.25) is 0 Å². The maximum atomic E-state index is 9.13. The summed E-state index contributed by atoms with van der Waals surface area (Å²) >= 11 is 0. The van der Waals surface area contributed by atoms with Gasteiger partial charge in [-0.25, -0.2) is 0 Å². The van der Waals surface area contributed by atoms with Crippen molar-refractivity contribution in [2.45, 2.75) is 0 Å². The van der Waals surface area contributed by atoms with Gasteiger partial charge in [-0.15, -0.1) is 0 Å². The van der Waals surface area contributed by atoms with Gasteiger partial charge in [0.15, 0.2) is 0 Å². The van der Waals surface area contributed by atoms with Crippen LogP contribution in [0.5, 0.6) is 5.75 Å². The van der Waals surface area contributed by atoms with Gasteiger partial charge in [-0.2, -0.15) is 10.2 Å². The number of hydrogen-bond acceptors (Lipinski definition) is 3. The minimum atomic E-state index is 0. The molecule has 0 spiro atoms. The van der Waals surface area contributed by atoms with Crippen molar-refractivity contribution >= 4 is 17.2 Å². The molecule has 0 saturated heterocycles. The Labute approximate surface area is 122 Å². The molecule has 0 aliphatic rings. The van der Waals surface area contributed by atoms with Crippen molar-refractivity contribution in [2.75, 3.05) is 0 Å². The maximum absolute atomic E-state index is 9.13. The first kappa shape index (κ1) is 17.6. The van der Waals surface area contributed by atoms with Gasteiger partial charge in [0, 0.05) is 0 Å². The molecule has 2 aromatic rings. The first-order valence-electron chi connectivity index (χ1n) is 5.34. The zero-order valence-electron chi connectivity index (χ0n) is 10.5. The van der Waals surface area contributed by atoms with Crippen LogP contribution in [0.15, 0.2) is 58.8 Å². The monoisotopic (exact) mass is 294 g/mol. The molecule has 0 aliphatic heterocycles. The van der Waals surface area contributed by atoms with Gasteiger partial charge in [-0.05, 0) is 48.5 Å². The second-order valence-corrected chi connectivity index (χ2v) is 3.72. The van der Waals surface area contributed by atoms with Crippen LogP contribution in [0, 0.1) is 0 Å². The Morgan fingerprint density at radius 2 is 1.30 bits per heavy atom. The Balaban J connectivity index is 0.00000180. The standard InChI is InChI=1S/C13H12N4O.ClH.H2O/c14-13(15)9-1-3-10(4-2-9)16-17-11-5-7-12(18)8-6-11;;/h1-8,18H,(H3,14,15);1H;1H2. The lowest BCUT2D eigenvalue weighted by molar-refractivity contribution is -0.114. The van der Waals surface area contributed by atoms with E-state index in [0.717, 1.165) is 5.56 Å². The van der Waals surface area contributed by atoms with E-state index >= 15 is 0 Å². The molecule has 0 saturated carbocycles. The van der Waals surface area contributed by atoms with Crippen LogP contribution in [0.25, 0.3) is 0 Å². The van der Waals surface area contributed by atoms with Gasteiger partial charge >= 0.3 is 0 Å². The Morgan fingerprint density at radius 3 is 1.70 bits per heavy atom. The van der Waals surface area contributed by atoms with Gasteiger partial charge in [0.25, 0.3) is 5.84 Å². The summed E-state index contributed by atoms with van der Waals surface area (Å²) in [6.45, 7) is 0. The third kappa shape index (κ3) is 4.68. The quantitative estimate of drug-likeness (QED) is 0.327. The van der Waals surface area contributed by atoms with E-state index in [1.165, 1.54) is 0 Å². The highest BCUT2D eigenvalue weighted by molar-refractivity contribution is 5.92. The van der Waals surface area contributed by atoms with Crippen molar-refractivity contribution < 1.29 is 28.4 Å². The number of azo groups is 1. The molecule has 7 N–H and O–H groups in total. The number of nitrogens with two attached hydrogens (primary N) is 2. The number of hydrogen-bond donors (Lipinski definition) is 3. The van der Waals surface area contributed by atoms with Crippen molar-refractivity contribution in [3.05, 3.63) is 54.1 Å². The van der Waals surface area contributed by atoms with Crippen molar-refractivity contribution in [3.8, 4) is 5.75 Å². The minimum absolute atomic E-state index is 0. The lowest BCUT2D eigenvalue weighted by Crippen LogP contribution is -3.00. The van der Waals surface area contributed by atoms with Crippen molar-refractivity contribution in [3.63, 3.8) is 0 Å². The summed E-state index contributed by atoms with van der Waals surface area (Å²) in [6, 6.07) is 13.6. The maximum Gasteiger partial charge on any atom is 0.270 e. The Kier molecular flexibility index (Phi) is 6.92. The van der Waals surface area contributed by atoms with E-state index in [1.807, 2.05) is 0 Å². The molecule has 0 aliphatic carbocycles. The summed E-state index contributed by atoms with van der Waals surface area (Å²) in [5.74, 6) is 0.476. The molecule has 0 radical (unpaired) electrons. The topological polar surface area (TPSA) is 128 Å². The van der Waals surface area contributed by atoms with E-state index in [4.69, 9.17) is 16.2 Å². The molecule has 0 amide bonds. The minimum Gasteiger partial charge on any atom is -1.00 e. The van der Waals surface area contributed by atoms with Gasteiger partial charge < -0.3 is 23.0 Å². The van der Waals surface area contributed by atoms with Gasteiger partial charge in [-0.3, -0.25) is 11.1 Å². The van der Waals surface area contributed by atoms with Crippen LogP contribution in [-0.4, -0.2) is 16.4 Å². The molecule has 7 heteroatoms. The smallest absolute Gasteiger partial charge is 0.270 e. The summed E-state index contributed by atoms with van der Waals surface area (Å²) in [5, 5.41) is 22.7. The third-order valence-electron chi connectivity index (χ3n) is 2.33. The van der Waals surface area contributed by atoms with Gasteiger partial charge in [0.05, 0.1) is 16.9 Å². The molecular formula is C13H15ClN4O2. The highest BCUT2D eigenvalue weighted by Gasteiger charge is 2.00. The second kappa shape index (κ2) is 7.88. The van der Waals surface area contributed by atoms with Crippen LogP contribution in [-0.2, 0) is 0 Å². The van der Waals surface area contributed by atoms with Crippen LogP contribution >= 0.6 is 0 Å². The molecule has 2 aromatic carbocycles. The highest BCUT2D eigenvalue weighted by atomic mass is 35.5. The van der Waals surface area contributed by atoms with E-state index in [9.17, 15) is 0 Å². The third-order valence-corrected chi connectivity index (χ3v) is 2.33. The summed E-state index contributed by atoms with van der Waals surface area (Å²) in [6.07, 6.45) is 0. The molecule has 20 heavy (non-hydrogen) atoms. The average molecular weight is 295 g/mol. The largest absolute Gasteiger partial charge is 1.00 e. The number of benzene rings is 2. The summed E-state index contributed by atoms with van der Waals surface area (Å²) < 4.78 is 0. The predicted octanol–water partition coefficient (Wildman–Crippen LogP) is -2.55. The number of phenols is 1. The van der Waals surface area contributed by atoms with E-state index in [1.54, 1.807) is 48.5 Å². The van der Waals surface area contributed by atoms with Crippen LogP contribution in [0.2, 0.25) is 0 Å². The first-order chi connectivity index (χ1) is 8.65. The second-order valence-electron chi connectivity index (χ2n) is 3.72. The Hall–Kier alpha value is -2.44. The summed E-state index contributed by atoms with van der Waals surface area (Å²) in [5.41, 5.74) is 7.59. The van der Waals surface area contributed by atoms with Crippen LogP contribution < -0.4 is 23.5 Å². The van der Waals surface area contributed by atoms with E-state index in [0.29, 0.717) is 11.4 Å². The number of rotatable bonds is 3. The lowest BCUT2D eigenvalue weighted by Gasteiger charge is -1.95. The summed E-state index contributed by atoms with van der Waals surface area (Å²) in [7, 11) is 0. The average Bonchev–Trinajstić information content (AvgIpc) is 2.38. The molecule has 0 heterocycles. The molecule has 0 fully saturated rings. The van der Waals surface area contributed by atoms with E-state index in [2.05, 4.69) is 10.2 Å². The number of halogens is 1. The molecule has 0 bridgehead atoms. The van der Waals surface area contributed by atoms with Crippen LogP contribution in [0.1, 0.15) is 5.56 Å². The molecule has 0 unspecified atom stereocenters. The number of aromatic hydroxyl groups is 1. The molecule has 106 valence electrons. The van der Waals surface area contributed by atoms with Crippen molar-refractivity contribution in [2.24, 2.45) is 16.0 Å². The first-order valence-corrected chi connectivity index (χ1v) is 5.34. The molecule has 6 nitrogen and oxygen atoms in total. The number of nitrogens with zero attached hydrogens (tertiary/aromatic N) is 2. The van der Waals surface area contributed by atoms with Crippen LogP contribution in [0.4, 0.5) is 11.4 Å². The predicted molar refractivity (Wildman–Crippen MR) is 72.6 cm³/mol. The molecule has 0 atom stereocenters. The Morgan fingerprint density at radius 1 is 0.900 bits per heavy atom. The fraction of sp³-hybridized carbons (Fsp3) is 0. The zero-order chi connectivity index (χ0) is 13.0. The SMILES string of the molecule is NC(=[NH2+])c1ccc(N=Nc2ccc(O)cc2)cc1.O.[Cl-]. The van der Waals surface area contributed by atoms with Crippen molar-refractivity contribution in [1.82, 2.24) is 0 Å². The highest BCUT2D eigenvalue weighted by Crippen LogP contribution is 2.20. The Bertz CT molecular complexity index is 582. The van der Waals surface area contributed by atoms with E-state index in [-0.39, 0.29) is 29.5 Å². The number of phenolic OH excluding ortho intramolecular Hbond substituents is 1. The summed E-state index contributed by atoms with van der Waals surface area (Å²) in [4.78, 5) is 0. The van der Waals surface area contributed by atoms with Gasteiger partial charge in [-0.1, -0.05) is 0 Å². The van der Waals surface area contributed by atoms with Crippen LogP contribution in [0.3, 0.4) is 0 Å². The molecule has 2 rings (SSSR count). The molecular weight excluding hydrogens is 280 g/mol. The lowest BCUT2D eigenvalue weighted by atomic mass is 10.2. The fourth-order valence-electron chi connectivity index (χ4n) is 1.36. The fourth-order valence-corrected chi connectivity index (χ4v) is 1.36. The molecule has 0 aromatic heterocycles.